The van der Waals surface area contributed by atoms with Gasteiger partial charge in [-0.15, -0.1) is 0 Å². The molecule has 4 N–H and O–H groups in total. The molecule has 1 amide bonds. The molecule has 0 atom stereocenters. The standard InChI is InChI=1S/C26H26BrNO4.C16H19NO2.C10H9BrO3.CH4/c1-30-23-11-8-19(16-22(23)27)10-13-26(29)28-15-14-20-9-12-24(31-2)25(17-20)32-18-21-6-4-3-5-7-21;1-18-15-8-7-13(9-10-17)11-16(15)19-12-14-5-3-2-4-6-14;1-14-9-4-2-7(6-8(9)11)3-5-10(12)13;/h3-13,16-17H,14-15,18H2,1-2H3,(H,28,29);2-8,11H,9-10,12,17H2,1H3;2-6H,1H3,(H,12,13);1H4/b13-10+;;5-3+;. The van der Waals surface area contributed by atoms with Crippen LogP contribution in [0.5, 0.6) is 34.5 Å². The normalized spacial score (nSPS) is 10.3. The molecule has 0 radical (unpaired) electrons. The summed E-state index contributed by atoms with van der Waals surface area (Å²) >= 11 is 6.75. The Morgan fingerprint density at radius 2 is 0.970 bits per heavy atom. The molecule has 348 valence electrons. The summed E-state index contributed by atoms with van der Waals surface area (Å²) in [6.07, 6.45) is 7.42. The van der Waals surface area contributed by atoms with Crippen LogP contribution in [0, 0.1) is 0 Å². The van der Waals surface area contributed by atoms with Gasteiger partial charge in [-0.1, -0.05) is 92.4 Å². The summed E-state index contributed by atoms with van der Waals surface area (Å²) in [5.41, 5.74) is 11.7. The molecule has 6 rings (SSSR count). The van der Waals surface area contributed by atoms with E-state index in [1.165, 1.54) is 12.2 Å². The lowest BCUT2D eigenvalue weighted by Gasteiger charge is -2.12. The van der Waals surface area contributed by atoms with E-state index in [0.29, 0.717) is 44.2 Å². The highest BCUT2D eigenvalue weighted by atomic mass is 79.9. The average Bonchev–Trinajstić information content (AvgIpc) is 3.32. The van der Waals surface area contributed by atoms with Gasteiger partial charge in [0.25, 0.3) is 0 Å². The Morgan fingerprint density at radius 3 is 1.38 bits per heavy atom. The summed E-state index contributed by atoms with van der Waals surface area (Å²) in [5.74, 6) is 3.24. The van der Waals surface area contributed by atoms with Gasteiger partial charge in [0.15, 0.2) is 23.0 Å². The molecule has 0 saturated carbocycles. The number of benzene rings is 6. The maximum Gasteiger partial charge on any atom is 0.328 e. The van der Waals surface area contributed by atoms with Crippen molar-refractivity contribution in [3.63, 3.8) is 0 Å². The van der Waals surface area contributed by atoms with Crippen molar-refractivity contribution in [2.24, 2.45) is 5.73 Å². The molecule has 0 aliphatic carbocycles. The van der Waals surface area contributed by atoms with Crippen LogP contribution in [-0.2, 0) is 35.6 Å². The highest BCUT2D eigenvalue weighted by Crippen LogP contribution is 2.31. The largest absolute Gasteiger partial charge is 0.496 e. The molecule has 0 fully saturated rings. The highest BCUT2D eigenvalue weighted by Gasteiger charge is 2.09. The van der Waals surface area contributed by atoms with E-state index in [4.69, 9.17) is 39.3 Å². The number of carboxylic acids is 1. The molecule has 0 unspecified atom stereocenters. The zero-order chi connectivity index (χ0) is 46.8. The first-order valence-electron chi connectivity index (χ1n) is 20.5. The van der Waals surface area contributed by atoms with Crippen molar-refractivity contribution in [3.05, 3.63) is 188 Å². The van der Waals surface area contributed by atoms with Crippen LogP contribution in [-0.4, -0.2) is 58.5 Å². The van der Waals surface area contributed by atoms with E-state index in [2.05, 4.69) is 37.2 Å². The number of hydrogen-bond donors (Lipinski definition) is 3. The van der Waals surface area contributed by atoms with Crippen LogP contribution < -0.4 is 39.5 Å². The molecule has 0 bridgehead atoms. The molecule has 0 spiro atoms. The summed E-state index contributed by atoms with van der Waals surface area (Å²) in [6.45, 7) is 2.14. The topological polar surface area (TPSA) is 148 Å². The van der Waals surface area contributed by atoms with Gasteiger partial charge in [0.1, 0.15) is 24.7 Å². The first-order valence-corrected chi connectivity index (χ1v) is 22.1. The van der Waals surface area contributed by atoms with E-state index in [1.54, 1.807) is 52.7 Å². The van der Waals surface area contributed by atoms with Crippen LogP contribution in [0.15, 0.2) is 155 Å². The van der Waals surface area contributed by atoms with Crippen molar-refractivity contribution in [2.75, 3.05) is 41.5 Å². The zero-order valence-electron chi connectivity index (χ0n) is 36.8. The molecule has 0 aliphatic rings. The van der Waals surface area contributed by atoms with Gasteiger partial charge in [0.2, 0.25) is 5.91 Å². The third kappa shape index (κ3) is 18.9. The second-order valence-corrected chi connectivity index (χ2v) is 15.6. The minimum atomic E-state index is -0.961. The number of hydrogen-bond acceptors (Lipinski definition) is 9. The SMILES string of the molecule is C.COc1ccc(/C=C/C(=O)NCCc2ccc(OC)c(OCc3ccccc3)c2)cc1Br.COc1ccc(/C=C/C(=O)O)cc1Br.COc1ccc(CCN)cc1OCc1ccccc1. The molecule has 0 aromatic heterocycles. The van der Waals surface area contributed by atoms with Gasteiger partial charge in [0, 0.05) is 18.7 Å². The predicted octanol–water partition coefficient (Wildman–Crippen LogP) is 11.4. The smallest absolute Gasteiger partial charge is 0.328 e. The van der Waals surface area contributed by atoms with Crippen molar-refractivity contribution in [1.29, 1.82) is 0 Å². The summed E-state index contributed by atoms with van der Waals surface area (Å²) in [6, 6.07) is 42.8. The Hall–Kier alpha value is -6.54. The number of nitrogens with one attached hydrogen (secondary N) is 1. The zero-order valence-corrected chi connectivity index (χ0v) is 40.0. The molecule has 0 heterocycles. The lowest BCUT2D eigenvalue weighted by Crippen LogP contribution is -2.23. The van der Waals surface area contributed by atoms with Crippen LogP contribution >= 0.6 is 31.9 Å². The Bertz CT molecular complexity index is 2460. The fourth-order valence-corrected chi connectivity index (χ4v) is 7.03. The van der Waals surface area contributed by atoms with E-state index in [0.717, 1.165) is 77.8 Å². The number of amides is 1. The van der Waals surface area contributed by atoms with E-state index in [9.17, 15) is 9.59 Å². The number of halogens is 2. The number of nitrogens with two attached hydrogens (primary N) is 1. The quantitative estimate of drug-likeness (QED) is 0.0670. The van der Waals surface area contributed by atoms with Crippen molar-refractivity contribution in [2.45, 2.75) is 33.5 Å². The molecular weight excluding hydrogens is 968 g/mol. The van der Waals surface area contributed by atoms with E-state index in [-0.39, 0.29) is 13.3 Å². The summed E-state index contributed by atoms with van der Waals surface area (Å²) < 4.78 is 34.4. The van der Waals surface area contributed by atoms with Crippen molar-refractivity contribution in [1.82, 2.24) is 5.32 Å². The Labute approximate surface area is 405 Å². The molecule has 66 heavy (non-hydrogen) atoms. The number of ether oxygens (including phenoxy) is 6. The van der Waals surface area contributed by atoms with Crippen LogP contribution in [0.25, 0.3) is 12.2 Å². The number of methoxy groups -OCH3 is 4. The molecular formula is C53H58Br2N2O9. The lowest BCUT2D eigenvalue weighted by molar-refractivity contribution is -0.131. The number of aliphatic carboxylic acids is 1. The monoisotopic (exact) mass is 1020 g/mol. The van der Waals surface area contributed by atoms with Gasteiger partial charge in [-0.25, -0.2) is 4.79 Å². The third-order valence-corrected chi connectivity index (χ3v) is 10.5. The second-order valence-electron chi connectivity index (χ2n) is 13.9. The molecule has 13 heteroatoms. The number of carbonyl (C=O) groups excluding carboxylic acids is 1. The van der Waals surface area contributed by atoms with Crippen LogP contribution in [0.2, 0.25) is 0 Å². The maximum atomic E-state index is 12.2. The Morgan fingerprint density at radius 1 is 0.545 bits per heavy atom. The average molecular weight is 1030 g/mol. The molecule has 11 nitrogen and oxygen atoms in total. The summed E-state index contributed by atoms with van der Waals surface area (Å²) in [7, 11) is 6.46. The third-order valence-electron chi connectivity index (χ3n) is 9.27. The second kappa shape index (κ2) is 29.8. The van der Waals surface area contributed by atoms with Crippen molar-refractivity contribution >= 4 is 55.9 Å². The van der Waals surface area contributed by atoms with Gasteiger partial charge >= 0.3 is 5.97 Å². The first kappa shape index (κ1) is 53.8. The van der Waals surface area contributed by atoms with E-state index >= 15 is 0 Å². The first-order chi connectivity index (χ1) is 31.5. The Balaban J connectivity index is 0.000000288. The predicted molar refractivity (Wildman–Crippen MR) is 271 cm³/mol. The van der Waals surface area contributed by atoms with Crippen LogP contribution in [0.4, 0.5) is 0 Å². The van der Waals surface area contributed by atoms with Crippen LogP contribution in [0.3, 0.4) is 0 Å². The molecule has 0 saturated heterocycles. The summed E-state index contributed by atoms with van der Waals surface area (Å²) in [5, 5.41) is 11.3. The Kier molecular flexibility index (Phi) is 24.3. The fourth-order valence-electron chi connectivity index (χ4n) is 5.92. The van der Waals surface area contributed by atoms with E-state index < -0.39 is 5.97 Å². The minimum Gasteiger partial charge on any atom is -0.496 e. The maximum absolute atomic E-state index is 12.2. The van der Waals surface area contributed by atoms with Gasteiger partial charge in [-0.2, -0.15) is 0 Å². The number of carboxylic acid groups (broad SMARTS) is 1. The van der Waals surface area contributed by atoms with Crippen molar-refractivity contribution in [3.8, 4) is 34.5 Å². The minimum absolute atomic E-state index is 0. The van der Waals surface area contributed by atoms with Crippen molar-refractivity contribution < 1.29 is 43.1 Å². The van der Waals surface area contributed by atoms with Gasteiger partial charge in [-0.3, -0.25) is 4.79 Å². The van der Waals surface area contributed by atoms with Crippen LogP contribution in [0.1, 0.15) is 40.8 Å². The molecule has 0 aliphatic heterocycles. The van der Waals surface area contributed by atoms with Gasteiger partial charge < -0.3 is 44.6 Å². The van der Waals surface area contributed by atoms with Gasteiger partial charge in [0.05, 0.1) is 37.4 Å². The highest BCUT2D eigenvalue weighted by molar-refractivity contribution is 9.11. The summed E-state index contributed by atoms with van der Waals surface area (Å²) in [4.78, 5) is 22.4. The molecule has 6 aromatic carbocycles. The lowest BCUT2D eigenvalue weighted by atomic mass is 10.1. The molecule has 6 aromatic rings. The number of carbonyl (C=O) groups is 2. The number of rotatable bonds is 19. The van der Waals surface area contributed by atoms with E-state index in [1.807, 2.05) is 115 Å². The fraction of sp³-hybridized carbons (Fsp3) is 0.208. The van der Waals surface area contributed by atoms with Gasteiger partial charge in [-0.05, 0) is 145 Å².